The lowest BCUT2D eigenvalue weighted by atomic mass is 10.0. The number of rotatable bonds is 6. The van der Waals surface area contributed by atoms with E-state index in [1.54, 1.807) is 0 Å². The van der Waals surface area contributed by atoms with E-state index < -0.39 is 0 Å². The lowest BCUT2D eigenvalue weighted by molar-refractivity contribution is -0.144. The largest absolute Gasteiger partial charge is 0.464 e. The number of benzene rings is 1. The van der Waals surface area contributed by atoms with Crippen LogP contribution in [0.1, 0.15) is 27.2 Å². The van der Waals surface area contributed by atoms with Crippen LogP contribution in [0.2, 0.25) is 0 Å². The maximum Gasteiger partial charge on any atom is 0.328 e. The van der Waals surface area contributed by atoms with Crippen molar-refractivity contribution in [2.24, 2.45) is 5.92 Å². The van der Waals surface area contributed by atoms with E-state index in [9.17, 15) is 4.79 Å². The Labute approximate surface area is 117 Å². The Kier molecular flexibility index (Phi) is 6.19. The van der Waals surface area contributed by atoms with Gasteiger partial charge in [-0.3, -0.25) is 0 Å². The molecule has 4 heteroatoms. The first kappa shape index (κ1) is 15.0. The fourth-order valence-electron chi connectivity index (χ4n) is 1.71. The summed E-state index contributed by atoms with van der Waals surface area (Å²) in [7, 11) is 0. The number of anilines is 1. The second kappa shape index (κ2) is 7.41. The molecule has 1 unspecified atom stereocenters. The molecular formula is C14H20BrNO2. The molecule has 0 fully saturated rings. The van der Waals surface area contributed by atoms with Crippen LogP contribution in [0.5, 0.6) is 0 Å². The van der Waals surface area contributed by atoms with Crippen molar-refractivity contribution in [3.05, 3.63) is 28.7 Å². The summed E-state index contributed by atoms with van der Waals surface area (Å²) in [5.74, 6) is 0.241. The maximum atomic E-state index is 11.9. The van der Waals surface area contributed by atoms with Gasteiger partial charge in [-0.2, -0.15) is 0 Å². The van der Waals surface area contributed by atoms with Crippen LogP contribution in [0.25, 0.3) is 0 Å². The first-order valence-electron chi connectivity index (χ1n) is 6.21. The van der Waals surface area contributed by atoms with Crippen molar-refractivity contribution in [3.63, 3.8) is 0 Å². The third-order valence-electron chi connectivity index (χ3n) is 2.44. The normalized spacial score (nSPS) is 12.3. The molecule has 0 radical (unpaired) electrons. The molecule has 1 rings (SSSR count). The summed E-state index contributed by atoms with van der Waals surface area (Å²) < 4.78 is 6.08. The van der Waals surface area contributed by atoms with Gasteiger partial charge in [-0.25, -0.2) is 4.79 Å². The summed E-state index contributed by atoms with van der Waals surface area (Å²) in [5.41, 5.74) is 0.920. The number of esters is 1. The first-order chi connectivity index (χ1) is 8.52. The number of hydrogen-bond acceptors (Lipinski definition) is 3. The highest BCUT2D eigenvalue weighted by Gasteiger charge is 2.20. The molecule has 0 heterocycles. The van der Waals surface area contributed by atoms with Gasteiger partial charge in [0.2, 0.25) is 0 Å². The quantitative estimate of drug-likeness (QED) is 0.811. The zero-order valence-electron chi connectivity index (χ0n) is 11.1. The zero-order chi connectivity index (χ0) is 13.5. The first-order valence-corrected chi connectivity index (χ1v) is 7.01. The molecule has 1 aromatic rings. The smallest absolute Gasteiger partial charge is 0.328 e. The molecule has 3 nitrogen and oxygen atoms in total. The minimum atomic E-state index is -0.292. The minimum absolute atomic E-state index is 0.189. The van der Waals surface area contributed by atoms with E-state index in [0.29, 0.717) is 12.5 Å². The molecule has 0 aliphatic rings. The lowest BCUT2D eigenvalue weighted by Gasteiger charge is -2.20. The van der Waals surface area contributed by atoms with Gasteiger partial charge in [-0.15, -0.1) is 0 Å². The maximum absolute atomic E-state index is 11.9. The van der Waals surface area contributed by atoms with E-state index in [0.717, 1.165) is 16.6 Å². The van der Waals surface area contributed by atoms with Gasteiger partial charge in [0.15, 0.2) is 0 Å². The molecule has 0 aliphatic heterocycles. The summed E-state index contributed by atoms with van der Waals surface area (Å²) >= 11 is 3.41. The SMILES string of the molecule is CCOC(=O)C(CC(C)C)Nc1cccc(Br)c1. The molecule has 0 saturated carbocycles. The van der Waals surface area contributed by atoms with E-state index in [2.05, 4.69) is 35.1 Å². The molecule has 18 heavy (non-hydrogen) atoms. The predicted molar refractivity (Wildman–Crippen MR) is 77.6 cm³/mol. The van der Waals surface area contributed by atoms with Crippen molar-refractivity contribution in [1.82, 2.24) is 0 Å². The number of halogens is 1. The van der Waals surface area contributed by atoms with Crippen LogP contribution in [0.4, 0.5) is 5.69 Å². The number of carbonyl (C=O) groups is 1. The van der Waals surface area contributed by atoms with Crippen LogP contribution in [0.15, 0.2) is 28.7 Å². The van der Waals surface area contributed by atoms with E-state index in [1.807, 2.05) is 31.2 Å². The summed E-state index contributed by atoms with van der Waals surface area (Å²) in [6.45, 7) is 6.42. The fraction of sp³-hybridized carbons (Fsp3) is 0.500. The third-order valence-corrected chi connectivity index (χ3v) is 2.94. The monoisotopic (exact) mass is 313 g/mol. The Morgan fingerprint density at radius 3 is 2.72 bits per heavy atom. The second-order valence-electron chi connectivity index (χ2n) is 4.59. The van der Waals surface area contributed by atoms with Gasteiger partial charge in [-0.05, 0) is 37.5 Å². The van der Waals surface area contributed by atoms with Gasteiger partial charge < -0.3 is 10.1 Å². The van der Waals surface area contributed by atoms with Crippen molar-refractivity contribution in [3.8, 4) is 0 Å². The highest BCUT2D eigenvalue weighted by molar-refractivity contribution is 9.10. The van der Waals surface area contributed by atoms with Crippen LogP contribution >= 0.6 is 15.9 Å². The standard InChI is InChI=1S/C14H20BrNO2/c1-4-18-14(17)13(8-10(2)3)16-12-7-5-6-11(15)9-12/h5-7,9-10,13,16H,4,8H2,1-3H3. The van der Waals surface area contributed by atoms with Crippen molar-refractivity contribution < 1.29 is 9.53 Å². The molecule has 0 amide bonds. The number of carbonyl (C=O) groups excluding carboxylic acids is 1. The molecule has 1 N–H and O–H groups in total. The van der Waals surface area contributed by atoms with Gasteiger partial charge in [-0.1, -0.05) is 35.8 Å². The Bertz CT molecular complexity index is 393. The summed E-state index contributed by atoms with van der Waals surface area (Å²) in [5, 5.41) is 3.23. The summed E-state index contributed by atoms with van der Waals surface area (Å²) in [6.07, 6.45) is 0.755. The Morgan fingerprint density at radius 1 is 1.44 bits per heavy atom. The molecule has 0 aromatic heterocycles. The van der Waals surface area contributed by atoms with Crippen molar-refractivity contribution >= 4 is 27.6 Å². The number of nitrogens with one attached hydrogen (secondary N) is 1. The van der Waals surface area contributed by atoms with Gasteiger partial charge in [0, 0.05) is 10.2 Å². The number of hydrogen-bond donors (Lipinski definition) is 1. The molecule has 1 atom stereocenters. The summed E-state index contributed by atoms with van der Waals surface area (Å²) in [4.78, 5) is 11.9. The zero-order valence-corrected chi connectivity index (χ0v) is 12.7. The molecule has 0 spiro atoms. The Balaban J connectivity index is 2.74. The molecule has 0 aliphatic carbocycles. The van der Waals surface area contributed by atoms with Gasteiger partial charge in [0.1, 0.15) is 6.04 Å². The third kappa shape index (κ3) is 5.08. The average molecular weight is 314 g/mol. The predicted octanol–water partition coefficient (Wildman–Crippen LogP) is 3.84. The van der Waals surface area contributed by atoms with Crippen molar-refractivity contribution in [2.75, 3.05) is 11.9 Å². The molecular weight excluding hydrogens is 294 g/mol. The van der Waals surface area contributed by atoms with E-state index in [1.165, 1.54) is 0 Å². The van der Waals surface area contributed by atoms with E-state index in [4.69, 9.17) is 4.74 Å². The van der Waals surface area contributed by atoms with Crippen LogP contribution in [-0.2, 0) is 9.53 Å². The van der Waals surface area contributed by atoms with Crippen LogP contribution in [-0.4, -0.2) is 18.6 Å². The minimum Gasteiger partial charge on any atom is -0.464 e. The van der Waals surface area contributed by atoms with Crippen LogP contribution in [0, 0.1) is 5.92 Å². The van der Waals surface area contributed by atoms with E-state index >= 15 is 0 Å². The topological polar surface area (TPSA) is 38.3 Å². The molecule has 0 bridgehead atoms. The highest BCUT2D eigenvalue weighted by atomic mass is 79.9. The average Bonchev–Trinajstić information content (AvgIpc) is 2.28. The molecule has 100 valence electrons. The van der Waals surface area contributed by atoms with Gasteiger partial charge in [0.25, 0.3) is 0 Å². The lowest BCUT2D eigenvalue weighted by Crippen LogP contribution is -2.32. The molecule has 0 saturated heterocycles. The summed E-state index contributed by atoms with van der Waals surface area (Å²) in [6, 6.07) is 7.49. The fourth-order valence-corrected chi connectivity index (χ4v) is 2.11. The highest BCUT2D eigenvalue weighted by Crippen LogP contribution is 2.18. The number of ether oxygens (including phenoxy) is 1. The van der Waals surface area contributed by atoms with Gasteiger partial charge >= 0.3 is 5.97 Å². The Hall–Kier alpha value is -1.03. The van der Waals surface area contributed by atoms with Crippen LogP contribution < -0.4 is 5.32 Å². The second-order valence-corrected chi connectivity index (χ2v) is 5.50. The van der Waals surface area contributed by atoms with Crippen LogP contribution in [0.3, 0.4) is 0 Å². The molecule has 1 aromatic carbocycles. The van der Waals surface area contributed by atoms with E-state index in [-0.39, 0.29) is 12.0 Å². The van der Waals surface area contributed by atoms with Crippen molar-refractivity contribution in [1.29, 1.82) is 0 Å². The Morgan fingerprint density at radius 2 is 2.17 bits per heavy atom. The van der Waals surface area contributed by atoms with Gasteiger partial charge in [0.05, 0.1) is 6.61 Å². The van der Waals surface area contributed by atoms with Crippen molar-refractivity contribution in [2.45, 2.75) is 33.2 Å².